The molecule has 0 radical (unpaired) electrons. The van der Waals surface area contributed by atoms with Gasteiger partial charge in [-0.2, -0.15) is 0 Å². The molecule has 1 rings (SSSR count). The fourth-order valence-corrected chi connectivity index (χ4v) is 1.69. The average Bonchev–Trinajstić information content (AvgIpc) is 2.37. The number of benzene rings is 1. The van der Waals surface area contributed by atoms with Crippen LogP contribution in [0.5, 0.6) is 0 Å². The molecule has 0 heterocycles. The van der Waals surface area contributed by atoms with Crippen molar-refractivity contribution in [2.24, 2.45) is 0 Å². The summed E-state index contributed by atoms with van der Waals surface area (Å²) in [6, 6.07) is 7.18. The summed E-state index contributed by atoms with van der Waals surface area (Å²) in [5.41, 5.74) is 1.45. The molecule has 6 nitrogen and oxygen atoms in total. The zero-order chi connectivity index (χ0) is 14.3. The molecule has 0 aliphatic carbocycles. The molecule has 0 saturated heterocycles. The normalized spacial score (nSPS) is 12.0. The lowest BCUT2D eigenvalue weighted by molar-refractivity contribution is -0.114. The lowest BCUT2D eigenvalue weighted by atomic mass is 10.2. The maximum atomic E-state index is 11.0. The van der Waals surface area contributed by atoms with Crippen LogP contribution in [-0.2, 0) is 9.53 Å². The molecular formula is C13H20N2O4. The molecule has 1 unspecified atom stereocenters. The van der Waals surface area contributed by atoms with E-state index in [1.807, 2.05) is 6.07 Å². The third-order valence-electron chi connectivity index (χ3n) is 2.55. The van der Waals surface area contributed by atoms with Crippen molar-refractivity contribution < 1.29 is 19.7 Å². The number of methoxy groups -OCH3 is 1. The molecule has 1 amide bonds. The van der Waals surface area contributed by atoms with Crippen LogP contribution < -0.4 is 10.2 Å². The summed E-state index contributed by atoms with van der Waals surface area (Å²) in [4.78, 5) is 12.8. The smallest absolute Gasteiger partial charge is 0.221 e. The number of hydrogen-bond acceptors (Lipinski definition) is 5. The predicted molar refractivity (Wildman–Crippen MR) is 73.1 cm³/mol. The molecular weight excluding hydrogens is 248 g/mol. The largest absolute Gasteiger partial charge is 0.395 e. The monoisotopic (exact) mass is 268 g/mol. The quantitative estimate of drug-likeness (QED) is 0.624. The van der Waals surface area contributed by atoms with E-state index in [2.05, 4.69) is 5.32 Å². The molecule has 0 spiro atoms. The lowest BCUT2D eigenvalue weighted by Crippen LogP contribution is -2.35. The summed E-state index contributed by atoms with van der Waals surface area (Å²) in [6.07, 6.45) is -0.934. The van der Waals surface area contributed by atoms with Crippen LogP contribution in [0.3, 0.4) is 0 Å². The van der Waals surface area contributed by atoms with Gasteiger partial charge in [-0.25, -0.2) is 0 Å². The Hall–Kier alpha value is -1.63. The number of hydrogen-bond donors (Lipinski definition) is 3. The molecule has 0 saturated carbocycles. The van der Waals surface area contributed by atoms with Crippen molar-refractivity contribution in [2.45, 2.75) is 13.2 Å². The van der Waals surface area contributed by atoms with Crippen molar-refractivity contribution in [1.82, 2.24) is 0 Å². The Labute approximate surface area is 112 Å². The SMILES string of the molecule is COC(O)CN(CCO)c1cccc(NC(C)=O)c1. The van der Waals surface area contributed by atoms with Crippen molar-refractivity contribution in [3.63, 3.8) is 0 Å². The first-order chi connectivity index (χ1) is 9.06. The van der Waals surface area contributed by atoms with Crippen LogP contribution in [-0.4, -0.2) is 49.2 Å². The van der Waals surface area contributed by atoms with Gasteiger partial charge in [0.05, 0.1) is 13.2 Å². The van der Waals surface area contributed by atoms with Gasteiger partial charge < -0.3 is 25.2 Å². The van der Waals surface area contributed by atoms with Gasteiger partial charge in [0.1, 0.15) is 0 Å². The van der Waals surface area contributed by atoms with Gasteiger partial charge in [0.15, 0.2) is 6.29 Å². The first-order valence-corrected chi connectivity index (χ1v) is 6.01. The highest BCUT2D eigenvalue weighted by Crippen LogP contribution is 2.19. The Kier molecular flexibility index (Phi) is 6.27. The third kappa shape index (κ3) is 5.25. The second-order valence-electron chi connectivity index (χ2n) is 4.09. The Balaban J connectivity index is 2.85. The maximum Gasteiger partial charge on any atom is 0.221 e. The molecule has 1 aromatic rings. The maximum absolute atomic E-state index is 11.0. The standard InChI is InChI=1S/C13H20N2O4/c1-10(17)14-11-4-3-5-12(8-11)15(6-7-16)9-13(18)19-2/h3-5,8,13,16,18H,6-7,9H2,1-2H3,(H,14,17). The van der Waals surface area contributed by atoms with Crippen LogP contribution in [0.25, 0.3) is 0 Å². The summed E-state index contributed by atoms with van der Waals surface area (Å²) in [7, 11) is 1.41. The van der Waals surface area contributed by atoms with Crippen molar-refractivity contribution in [3.05, 3.63) is 24.3 Å². The molecule has 106 valence electrons. The molecule has 1 atom stereocenters. The van der Waals surface area contributed by atoms with Crippen molar-refractivity contribution in [2.75, 3.05) is 37.0 Å². The number of carbonyl (C=O) groups excluding carboxylic acids is 1. The average molecular weight is 268 g/mol. The van der Waals surface area contributed by atoms with Gasteiger partial charge in [0.25, 0.3) is 0 Å². The number of rotatable bonds is 7. The van der Waals surface area contributed by atoms with E-state index in [9.17, 15) is 9.90 Å². The molecule has 19 heavy (non-hydrogen) atoms. The number of aliphatic hydroxyl groups is 2. The van der Waals surface area contributed by atoms with E-state index >= 15 is 0 Å². The molecule has 0 aliphatic heterocycles. The number of amides is 1. The van der Waals surface area contributed by atoms with Gasteiger partial charge in [0, 0.05) is 32.0 Å². The predicted octanol–water partition coefficient (Wildman–Crippen LogP) is 0.408. The number of aliphatic hydroxyl groups excluding tert-OH is 2. The van der Waals surface area contributed by atoms with Gasteiger partial charge in [-0.05, 0) is 18.2 Å². The Bertz CT molecular complexity index is 411. The first-order valence-electron chi connectivity index (χ1n) is 6.01. The van der Waals surface area contributed by atoms with E-state index in [4.69, 9.17) is 9.84 Å². The van der Waals surface area contributed by atoms with E-state index in [0.29, 0.717) is 12.2 Å². The van der Waals surface area contributed by atoms with Crippen LogP contribution in [0.1, 0.15) is 6.92 Å². The summed E-state index contributed by atoms with van der Waals surface area (Å²) in [5.74, 6) is -0.150. The van der Waals surface area contributed by atoms with Crippen LogP contribution in [0.4, 0.5) is 11.4 Å². The number of ether oxygens (including phenoxy) is 1. The van der Waals surface area contributed by atoms with Crippen molar-refractivity contribution >= 4 is 17.3 Å². The number of nitrogens with one attached hydrogen (secondary N) is 1. The van der Waals surface area contributed by atoms with Gasteiger partial charge in [-0.3, -0.25) is 4.79 Å². The Morgan fingerprint density at radius 3 is 2.84 bits per heavy atom. The topological polar surface area (TPSA) is 82.0 Å². The summed E-state index contributed by atoms with van der Waals surface area (Å²) in [5, 5.41) is 21.3. The zero-order valence-electron chi connectivity index (χ0n) is 11.2. The van der Waals surface area contributed by atoms with Gasteiger partial charge in [-0.1, -0.05) is 6.07 Å². The van der Waals surface area contributed by atoms with Crippen LogP contribution in [0.2, 0.25) is 0 Å². The van der Waals surface area contributed by atoms with Crippen molar-refractivity contribution in [1.29, 1.82) is 0 Å². The fraction of sp³-hybridized carbons (Fsp3) is 0.462. The van der Waals surface area contributed by atoms with E-state index in [1.165, 1.54) is 14.0 Å². The van der Waals surface area contributed by atoms with E-state index in [0.717, 1.165) is 5.69 Å². The second-order valence-corrected chi connectivity index (χ2v) is 4.09. The van der Waals surface area contributed by atoms with Crippen LogP contribution in [0.15, 0.2) is 24.3 Å². The lowest BCUT2D eigenvalue weighted by Gasteiger charge is -2.26. The number of anilines is 2. The molecule has 0 aromatic heterocycles. The molecule has 0 bridgehead atoms. The Morgan fingerprint density at radius 1 is 1.53 bits per heavy atom. The minimum atomic E-state index is -0.934. The summed E-state index contributed by atoms with van der Waals surface area (Å²) in [6.45, 7) is 2.00. The first kappa shape index (κ1) is 15.4. The zero-order valence-corrected chi connectivity index (χ0v) is 11.2. The summed E-state index contributed by atoms with van der Waals surface area (Å²) >= 11 is 0. The van der Waals surface area contributed by atoms with E-state index in [-0.39, 0.29) is 19.1 Å². The minimum Gasteiger partial charge on any atom is -0.395 e. The minimum absolute atomic E-state index is 0.0409. The van der Waals surface area contributed by atoms with Crippen molar-refractivity contribution in [3.8, 4) is 0 Å². The Morgan fingerprint density at radius 2 is 2.26 bits per heavy atom. The molecule has 0 aliphatic rings. The second kappa shape index (κ2) is 7.73. The third-order valence-corrected chi connectivity index (χ3v) is 2.55. The molecule has 6 heteroatoms. The molecule has 1 aromatic carbocycles. The highest BCUT2D eigenvalue weighted by Gasteiger charge is 2.12. The van der Waals surface area contributed by atoms with Gasteiger partial charge in [-0.15, -0.1) is 0 Å². The van der Waals surface area contributed by atoms with Gasteiger partial charge in [0.2, 0.25) is 5.91 Å². The van der Waals surface area contributed by atoms with Crippen LogP contribution in [0, 0.1) is 0 Å². The fourth-order valence-electron chi connectivity index (χ4n) is 1.69. The summed E-state index contributed by atoms with van der Waals surface area (Å²) < 4.78 is 4.81. The van der Waals surface area contributed by atoms with E-state index in [1.54, 1.807) is 23.1 Å². The number of nitrogens with zero attached hydrogens (tertiary/aromatic N) is 1. The molecule has 0 fully saturated rings. The van der Waals surface area contributed by atoms with E-state index < -0.39 is 6.29 Å². The number of carbonyl (C=O) groups is 1. The van der Waals surface area contributed by atoms with Crippen LogP contribution >= 0.6 is 0 Å². The van der Waals surface area contributed by atoms with Gasteiger partial charge >= 0.3 is 0 Å². The highest BCUT2D eigenvalue weighted by atomic mass is 16.6. The molecule has 3 N–H and O–H groups in total. The highest BCUT2D eigenvalue weighted by molar-refractivity contribution is 5.89.